The summed E-state index contributed by atoms with van der Waals surface area (Å²) in [4.78, 5) is 11.8. The number of fused-ring (bicyclic) bond motifs is 1. The van der Waals surface area contributed by atoms with E-state index < -0.39 is 21.8 Å². The fourth-order valence-electron chi connectivity index (χ4n) is 2.58. The summed E-state index contributed by atoms with van der Waals surface area (Å²) >= 11 is 1.05. The first-order valence-electron chi connectivity index (χ1n) is 8.18. The van der Waals surface area contributed by atoms with Gasteiger partial charge in [-0.1, -0.05) is 11.3 Å². The number of methoxy groups -OCH3 is 3. The van der Waals surface area contributed by atoms with E-state index in [1.807, 2.05) is 0 Å². The van der Waals surface area contributed by atoms with E-state index >= 15 is 0 Å². The average Bonchev–Trinajstić information content (AvgIpc) is 3.02. The van der Waals surface area contributed by atoms with Crippen LogP contribution in [0.15, 0.2) is 45.7 Å². The minimum atomic E-state index is -4.14. The lowest BCUT2D eigenvalue weighted by atomic mass is 10.3. The van der Waals surface area contributed by atoms with Crippen molar-refractivity contribution in [2.75, 3.05) is 21.3 Å². The van der Waals surface area contributed by atoms with E-state index in [0.29, 0.717) is 21.7 Å². The molecule has 0 atom stereocenters. The van der Waals surface area contributed by atoms with Crippen LogP contribution in [0.2, 0.25) is 0 Å². The number of ether oxygens (including phenoxy) is 3. The number of carbonyl (C=O) groups is 1. The number of benzene rings is 2. The van der Waals surface area contributed by atoms with Gasteiger partial charge in [0.1, 0.15) is 12.4 Å². The average molecular weight is 440 g/mol. The summed E-state index contributed by atoms with van der Waals surface area (Å²) < 4.78 is 59.7. The number of aromatic nitrogens is 1. The van der Waals surface area contributed by atoms with Crippen LogP contribution in [-0.2, 0) is 26.1 Å². The maximum absolute atomic E-state index is 13.1. The first-order chi connectivity index (χ1) is 13.8. The lowest BCUT2D eigenvalue weighted by Gasteiger charge is -2.09. The minimum absolute atomic E-state index is 0.0463. The van der Waals surface area contributed by atoms with Gasteiger partial charge >= 0.3 is 5.97 Å². The Morgan fingerprint density at radius 2 is 1.72 bits per heavy atom. The van der Waals surface area contributed by atoms with Crippen molar-refractivity contribution in [1.82, 2.24) is 4.57 Å². The number of hydrogen-bond donors (Lipinski definition) is 0. The highest BCUT2D eigenvalue weighted by Gasteiger charge is 2.18. The highest BCUT2D eigenvalue weighted by atomic mass is 32.2. The zero-order chi connectivity index (χ0) is 21.2. The van der Waals surface area contributed by atoms with E-state index in [2.05, 4.69) is 4.40 Å². The Morgan fingerprint density at radius 1 is 1.10 bits per heavy atom. The molecule has 29 heavy (non-hydrogen) atoms. The van der Waals surface area contributed by atoms with Gasteiger partial charge in [0.25, 0.3) is 10.0 Å². The second kappa shape index (κ2) is 8.21. The molecule has 2 aromatic carbocycles. The van der Waals surface area contributed by atoms with E-state index in [4.69, 9.17) is 14.2 Å². The van der Waals surface area contributed by atoms with Crippen LogP contribution >= 0.6 is 11.3 Å². The van der Waals surface area contributed by atoms with Crippen molar-refractivity contribution in [2.45, 2.75) is 11.4 Å². The van der Waals surface area contributed by atoms with Crippen molar-refractivity contribution in [3.63, 3.8) is 0 Å². The number of carbonyl (C=O) groups excluding carboxylic acids is 1. The second-order valence-electron chi connectivity index (χ2n) is 5.74. The van der Waals surface area contributed by atoms with Crippen molar-refractivity contribution in [3.8, 4) is 11.5 Å². The molecule has 3 aromatic rings. The standard InChI is InChI=1S/C18H17FN2O6S2/c1-25-14-8-13-16(9-15(14)26-2)28-18(21(13)10-17(22)27-3)20-29(23,24)12-6-4-11(19)5-7-12/h4-9H,10H2,1-3H3/b20-18-. The third-order valence-electron chi connectivity index (χ3n) is 4.01. The molecule has 1 heterocycles. The smallest absolute Gasteiger partial charge is 0.325 e. The van der Waals surface area contributed by atoms with Crippen LogP contribution in [0.3, 0.4) is 0 Å². The highest BCUT2D eigenvalue weighted by molar-refractivity contribution is 7.90. The van der Waals surface area contributed by atoms with Crippen LogP contribution in [0.1, 0.15) is 0 Å². The van der Waals surface area contributed by atoms with Crippen molar-refractivity contribution in [2.24, 2.45) is 4.40 Å². The van der Waals surface area contributed by atoms with Crippen LogP contribution in [0.25, 0.3) is 10.2 Å². The van der Waals surface area contributed by atoms with Crippen LogP contribution in [0.5, 0.6) is 11.5 Å². The zero-order valence-corrected chi connectivity index (χ0v) is 17.3. The summed E-state index contributed by atoms with van der Waals surface area (Å²) in [5.41, 5.74) is 0.520. The van der Waals surface area contributed by atoms with Crippen molar-refractivity contribution in [1.29, 1.82) is 0 Å². The minimum Gasteiger partial charge on any atom is -0.493 e. The summed E-state index contributed by atoms with van der Waals surface area (Å²) in [6.45, 7) is -0.260. The van der Waals surface area contributed by atoms with E-state index in [1.54, 1.807) is 12.1 Å². The number of hydrogen-bond acceptors (Lipinski definition) is 7. The van der Waals surface area contributed by atoms with Crippen LogP contribution in [0, 0.1) is 5.82 Å². The quantitative estimate of drug-likeness (QED) is 0.546. The molecule has 0 saturated heterocycles. The third-order valence-corrected chi connectivity index (χ3v) is 6.45. The number of esters is 1. The van der Waals surface area contributed by atoms with Gasteiger partial charge in [-0.15, -0.1) is 4.40 Å². The molecule has 0 aliphatic carbocycles. The normalized spacial score (nSPS) is 12.2. The van der Waals surface area contributed by atoms with Crippen LogP contribution in [-0.4, -0.2) is 40.3 Å². The van der Waals surface area contributed by atoms with E-state index in [0.717, 1.165) is 35.6 Å². The summed E-state index contributed by atoms with van der Waals surface area (Å²) in [6, 6.07) is 7.60. The van der Waals surface area contributed by atoms with Gasteiger partial charge in [-0.2, -0.15) is 8.42 Å². The Kier molecular flexibility index (Phi) is 5.89. The molecule has 0 N–H and O–H groups in total. The maximum atomic E-state index is 13.1. The molecule has 154 valence electrons. The first kappa shape index (κ1) is 20.8. The van der Waals surface area contributed by atoms with Gasteiger partial charge in [0.05, 0.1) is 36.4 Å². The van der Waals surface area contributed by atoms with Gasteiger partial charge in [-0.05, 0) is 24.3 Å². The SMILES string of the molecule is COC(=O)Cn1/c(=N/S(=O)(=O)c2ccc(F)cc2)sc2cc(OC)c(OC)cc21. The predicted octanol–water partition coefficient (Wildman–Crippen LogP) is 2.32. The Morgan fingerprint density at radius 3 is 2.31 bits per heavy atom. The van der Waals surface area contributed by atoms with Gasteiger partial charge in [0, 0.05) is 12.1 Å². The monoisotopic (exact) mass is 440 g/mol. The molecule has 1 aromatic heterocycles. The Balaban J connectivity index is 2.27. The third kappa shape index (κ3) is 4.25. The zero-order valence-electron chi connectivity index (χ0n) is 15.7. The second-order valence-corrected chi connectivity index (χ2v) is 8.36. The molecule has 0 radical (unpaired) electrons. The molecule has 0 saturated carbocycles. The molecule has 0 amide bonds. The van der Waals surface area contributed by atoms with Crippen LogP contribution < -0.4 is 14.3 Å². The molecule has 3 rings (SSSR count). The molecule has 0 spiro atoms. The summed E-state index contributed by atoms with van der Waals surface area (Å²) in [7, 11) is 0.0280. The van der Waals surface area contributed by atoms with E-state index in [1.165, 1.54) is 25.9 Å². The Labute approximate surface area is 169 Å². The van der Waals surface area contributed by atoms with Crippen molar-refractivity contribution >= 4 is 37.5 Å². The molecular weight excluding hydrogens is 423 g/mol. The van der Waals surface area contributed by atoms with E-state index in [9.17, 15) is 17.6 Å². The lowest BCUT2D eigenvalue weighted by Crippen LogP contribution is -2.22. The number of nitrogens with zero attached hydrogens (tertiary/aromatic N) is 2. The number of rotatable bonds is 6. The fourth-order valence-corrected chi connectivity index (χ4v) is 4.82. The van der Waals surface area contributed by atoms with Crippen molar-refractivity contribution in [3.05, 3.63) is 47.0 Å². The first-order valence-corrected chi connectivity index (χ1v) is 10.4. The Bertz CT molecular complexity index is 1230. The van der Waals surface area contributed by atoms with Crippen molar-refractivity contribution < 1.29 is 31.8 Å². The number of thiazole rings is 1. The number of halogens is 1. The molecule has 0 aliphatic rings. The molecular formula is C18H17FN2O6S2. The maximum Gasteiger partial charge on any atom is 0.325 e. The highest BCUT2D eigenvalue weighted by Crippen LogP contribution is 2.33. The largest absolute Gasteiger partial charge is 0.493 e. The number of sulfonamides is 1. The van der Waals surface area contributed by atoms with Gasteiger partial charge in [-0.25, -0.2) is 4.39 Å². The molecule has 8 nitrogen and oxygen atoms in total. The molecule has 11 heteroatoms. The van der Waals surface area contributed by atoms with Gasteiger partial charge in [0.15, 0.2) is 11.5 Å². The summed E-state index contributed by atoms with van der Waals surface area (Å²) in [5, 5.41) is 0. The van der Waals surface area contributed by atoms with Gasteiger partial charge < -0.3 is 18.8 Å². The molecule has 0 unspecified atom stereocenters. The van der Waals surface area contributed by atoms with Gasteiger partial charge in [-0.3, -0.25) is 4.79 Å². The van der Waals surface area contributed by atoms with Gasteiger partial charge in [0.2, 0.25) is 4.80 Å². The van der Waals surface area contributed by atoms with E-state index in [-0.39, 0.29) is 16.2 Å². The predicted molar refractivity (Wildman–Crippen MR) is 104 cm³/mol. The Hall–Kier alpha value is -2.92. The molecule has 0 fully saturated rings. The topological polar surface area (TPSA) is 96.2 Å². The fraction of sp³-hybridized carbons (Fsp3) is 0.222. The summed E-state index contributed by atoms with van der Waals surface area (Å²) in [5.74, 6) is -0.297. The molecule has 0 aliphatic heterocycles. The molecule has 0 bridgehead atoms. The van der Waals surface area contributed by atoms with Crippen LogP contribution in [0.4, 0.5) is 4.39 Å². The lowest BCUT2D eigenvalue weighted by molar-refractivity contribution is -0.141. The summed E-state index contributed by atoms with van der Waals surface area (Å²) in [6.07, 6.45) is 0.